The Morgan fingerprint density at radius 2 is 1.83 bits per heavy atom. The van der Waals surface area contributed by atoms with Crippen molar-refractivity contribution < 1.29 is 4.74 Å². The summed E-state index contributed by atoms with van der Waals surface area (Å²) < 4.78 is 6.36. The molecule has 2 rings (SSSR count). The van der Waals surface area contributed by atoms with Gasteiger partial charge in [0.05, 0.1) is 12.7 Å². The third-order valence-electron chi connectivity index (χ3n) is 6.56. The zero-order chi connectivity index (χ0) is 13.8. The molecule has 0 radical (unpaired) electrons. The summed E-state index contributed by atoms with van der Waals surface area (Å²) in [7, 11) is 4.27. The van der Waals surface area contributed by atoms with Crippen molar-refractivity contribution in [3.63, 3.8) is 0 Å². The molecule has 3 atom stereocenters. The van der Waals surface area contributed by atoms with Crippen LogP contribution in [-0.2, 0) is 4.74 Å². The molecular weight excluding hydrogens is 222 g/mol. The van der Waals surface area contributed by atoms with Crippen molar-refractivity contribution in [3.8, 4) is 0 Å². The van der Waals surface area contributed by atoms with Crippen molar-refractivity contribution in [2.45, 2.75) is 65.5 Å². The van der Waals surface area contributed by atoms with Crippen LogP contribution in [-0.4, -0.2) is 37.2 Å². The molecule has 0 aliphatic heterocycles. The predicted octanol–water partition coefficient (Wildman–Crippen LogP) is 3.56. The van der Waals surface area contributed by atoms with Crippen molar-refractivity contribution in [1.29, 1.82) is 0 Å². The van der Waals surface area contributed by atoms with Gasteiger partial charge in [-0.15, -0.1) is 0 Å². The average Bonchev–Trinajstić information content (AvgIpc) is 2.58. The maximum absolute atomic E-state index is 6.36. The Morgan fingerprint density at radius 3 is 2.22 bits per heavy atom. The zero-order valence-electron chi connectivity index (χ0n) is 13.3. The fourth-order valence-electron chi connectivity index (χ4n) is 3.82. The summed E-state index contributed by atoms with van der Waals surface area (Å²) in [4.78, 5) is 2.26. The fourth-order valence-corrected chi connectivity index (χ4v) is 3.82. The summed E-state index contributed by atoms with van der Waals surface area (Å²) >= 11 is 0. The van der Waals surface area contributed by atoms with E-state index in [1.165, 1.54) is 19.3 Å². The van der Waals surface area contributed by atoms with E-state index in [9.17, 15) is 0 Å². The minimum absolute atomic E-state index is 0.127. The lowest BCUT2D eigenvalue weighted by molar-refractivity contribution is -0.0771. The van der Waals surface area contributed by atoms with Gasteiger partial charge in [0.1, 0.15) is 0 Å². The summed E-state index contributed by atoms with van der Waals surface area (Å²) in [5.74, 6) is 0.870. The highest BCUT2D eigenvalue weighted by Gasteiger charge is 2.61. The fraction of sp³-hybridized carbons (Fsp3) is 1.00. The van der Waals surface area contributed by atoms with Crippen LogP contribution in [0.25, 0.3) is 0 Å². The van der Waals surface area contributed by atoms with Crippen LogP contribution >= 0.6 is 0 Å². The second-order valence-electron chi connectivity index (χ2n) is 8.12. The monoisotopic (exact) mass is 253 g/mol. The number of fused-ring (bicyclic) bond motifs is 2. The molecule has 18 heavy (non-hydrogen) atoms. The van der Waals surface area contributed by atoms with E-state index in [0.717, 1.165) is 12.5 Å². The van der Waals surface area contributed by atoms with E-state index in [2.05, 4.69) is 53.6 Å². The van der Waals surface area contributed by atoms with Gasteiger partial charge in [-0.3, -0.25) is 0 Å². The quantitative estimate of drug-likeness (QED) is 0.759. The molecule has 2 fully saturated rings. The normalized spacial score (nSPS) is 38.7. The maximum atomic E-state index is 6.36. The molecule has 0 aromatic rings. The van der Waals surface area contributed by atoms with Crippen LogP contribution in [0.4, 0.5) is 0 Å². The molecule has 0 N–H and O–H groups in total. The topological polar surface area (TPSA) is 12.5 Å². The van der Waals surface area contributed by atoms with E-state index >= 15 is 0 Å². The van der Waals surface area contributed by atoms with Gasteiger partial charge in [0, 0.05) is 5.54 Å². The molecule has 2 nitrogen and oxygen atoms in total. The molecule has 2 bridgehead atoms. The molecule has 3 unspecified atom stereocenters. The Balaban J connectivity index is 2.01. The van der Waals surface area contributed by atoms with Crippen molar-refractivity contribution in [3.05, 3.63) is 0 Å². The Hall–Kier alpha value is -0.0800. The van der Waals surface area contributed by atoms with Crippen molar-refractivity contribution in [2.75, 3.05) is 20.7 Å². The van der Waals surface area contributed by atoms with E-state index in [1.54, 1.807) is 0 Å². The van der Waals surface area contributed by atoms with E-state index in [4.69, 9.17) is 4.74 Å². The van der Waals surface area contributed by atoms with Crippen LogP contribution in [0.15, 0.2) is 0 Å². The predicted molar refractivity (Wildman–Crippen MR) is 76.7 cm³/mol. The van der Waals surface area contributed by atoms with Gasteiger partial charge in [-0.05, 0) is 64.0 Å². The summed E-state index contributed by atoms with van der Waals surface area (Å²) in [6, 6.07) is 0. The highest BCUT2D eigenvalue weighted by atomic mass is 16.5. The first-order valence-electron chi connectivity index (χ1n) is 7.40. The van der Waals surface area contributed by atoms with Gasteiger partial charge >= 0.3 is 0 Å². The zero-order valence-corrected chi connectivity index (χ0v) is 13.3. The van der Waals surface area contributed by atoms with Crippen LogP contribution in [0, 0.1) is 16.7 Å². The lowest BCUT2D eigenvalue weighted by Crippen LogP contribution is -2.46. The molecule has 2 aliphatic carbocycles. The van der Waals surface area contributed by atoms with Crippen LogP contribution < -0.4 is 0 Å². The minimum atomic E-state index is 0.127. The van der Waals surface area contributed by atoms with Gasteiger partial charge in [-0.1, -0.05) is 20.8 Å². The molecule has 106 valence electrons. The minimum Gasteiger partial charge on any atom is -0.376 e. The van der Waals surface area contributed by atoms with Crippen LogP contribution in [0.2, 0.25) is 0 Å². The standard InChI is InChI=1S/C16H31NO/c1-14(2,17(6)7)11-18-13-10-12-8-9-16(13,5)15(12,3)4/h12-13H,8-11H2,1-7H3. The summed E-state index contributed by atoms with van der Waals surface area (Å²) in [6.45, 7) is 12.7. The van der Waals surface area contributed by atoms with Gasteiger partial charge < -0.3 is 9.64 Å². The number of ether oxygens (including phenoxy) is 1. The van der Waals surface area contributed by atoms with Crippen molar-refractivity contribution in [2.24, 2.45) is 16.7 Å². The number of rotatable bonds is 4. The van der Waals surface area contributed by atoms with Gasteiger partial charge in [-0.25, -0.2) is 0 Å². The lowest BCUT2D eigenvalue weighted by Gasteiger charge is -2.41. The van der Waals surface area contributed by atoms with E-state index < -0.39 is 0 Å². The molecule has 0 aromatic heterocycles. The molecule has 2 saturated carbocycles. The van der Waals surface area contributed by atoms with Crippen LogP contribution in [0.3, 0.4) is 0 Å². The Bertz CT molecular complexity index is 321. The van der Waals surface area contributed by atoms with Gasteiger partial charge in [0.25, 0.3) is 0 Å². The molecule has 2 aliphatic rings. The van der Waals surface area contributed by atoms with Crippen molar-refractivity contribution in [1.82, 2.24) is 4.90 Å². The summed E-state index contributed by atoms with van der Waals surface area (Å²) in [5, 5.41) is 0. The third-order valence-corrected chi connectivity index (χ3v) is 6.56. The molecule has 0 saturated heterocycles. The van der Waals surface area contributed by atoms with E-state index in [-0.39, 0.29) is 5.54 Å². The second kappa shape index (κ2) is 4.21. The molecule has 2 heteroatoms. The molecule has 0 aromatic carbocycles. The van der Waals surface area contributed by atoms with Gasteiger partial charge in [-0.2, -0.15) is 0 Å². The van der Waals surface area contributed by atoms with Gasteiger partial charge in [0.2, 0.25) is 0 Å². The highest BCUT2D eigenvalue weighted by Crippen LogP contribution is 2.66. The summed E-state index contributed by atoms with van der Waals surface area (Å²) in [6.07, 6.45) is 4.48. The second-order valence-corrected chi connectivity index (χ2v) is 8.12. The molecule has 0 heterocycles. The number of likely N-dealkylation sites (N-methyl/N-ethyl adjacent to an activating group) is 1. The van der Waals surface area contributed by atoms with Gasteiger partial charge in [0.15, 0.2) is 0 Å². The highest BCUT2D eigenvalue weighted by molar-refractivity contribution is 5.11. The van der Waals surface area contributed by atoms with Crippen LogP contribution in [0.1, 0.15) is 53.9 Å². The third kappa shape index (κ3) is 1.92. The molecule has 0 amide bonds. The smallest absolute Gasteiger partial charge is 0.0648 e. The largest absolute Gasteiger partial charge is 0.376 e. The molecular formula is C16H31NO. The lowest BCUT2D eigenvalue weighted by atomic mass is 9.70. The average molecular weight is 253 g/mol. The van der Waals surface area contributed by atoms with E-state index in [1.807, 2.05) is 0 Å². The number of nitrogens with zero attached hydrogens (tertiary/aromatic N) is 1. The number of hydrogen-bond acceptors (Lipinski definition) is 2. The number of hydrogen-bond donors (Lipinski definition) is 0. The van der Waals surface area contributed by atoms with Crippen LogP contribution in [0.5, 0.6) is 0 Å². The SMILES string of the molecule is CN(C)C(C)(C)COC1CC2CCC1(C)C2(C)C. The first-order valence-corrected chi connectivity index (χ1v) is 7.40. The summed E-state index contributed by atoms with van der Waals surface area (Å²) in [5.41, 5.74) is 0.975. The first-order chi connectivity index (χ1) is 8.11. The molecule has 0 spiro atoms. The Kier molecular flexibility index (Phi) is 3.35. The Labute approximate surface area is 113 Å². The van der Waals surface area contributed by atoms with Crippen molar-refractivity contribution >= 4 is 0 Å². The Morgan fingerprint density at radius 1 is 1.22 bits per heavy atom. The van der Waals surface area contributed by atoms with E-state index in [0.29, 0.717) is 16.9 Å². The first kappa shape index (κ1) is 14.3. The maximum Gasteiger partial charge on any atom is 0.0648 e.